The molecular formula is C22H18ClF3N4O. The summed E-state index contributed by atoms with van der Waals surface area (Å²) in [7, 11) is 0. The average Bonchev–Trinajstić information content (AvgIpc) is 3.61. The van der Waals surface area contributed by atoms with E-state index in [1.54, 1.807) is 6.07 Å². The normalized spacial score (nSPS) is 23.6. The van der Waals surface area contributed by atoms with Crippen molar-refractivity contribution >= 4 is 28.8 Å². The molecule has 2 atom stereocenters. The topological polar surface area (TPSA) is 50.5 Å². The summed E-state index contributed by atoms with van der Waals surface area (Å²) in [5, 5.41) is 4.13. The molecule has 2 aromatic heterocycles. The predicted octanol–water partition coefficient (Wildman–Crippen LogP) is 4.83. The highest BCUT2D eigenvalue weighted by atomic mass is 35.5. The zero-order chi connectivity index (χ0) is 21.7. The van der Waals surface area contributed by atoms with Crippen molar-refractivity contribution in [3.05, 3.63) is 58.3 Å². The fraction of sp³-hybridized carbons (Fsp3) is 0.409. The summed E-state index contributed by atoms with van der Waals surface area (Å²) >= 11 is 6.09. The third kappa shape index (κ3) is 2.80. The number of benzene rings is 1. The molecule has 3 aliphatic rings. The second-order valence-corrected chi connectivity index (χ2v) is 9.39. The third-order valence-electron chi connectivity index (χ3n) is 6.71. The molecule has 0 saturated heterocycles. The Morgan fingerprint density at radius 2 is 2.03 bits per heavy atom. The maximum Gasteiger partial charge on any atom is 0.263 e. The molecule has 5 nitrogen and oxygen atoms in total. The zero-order valence-corrected chi connectivity index (χ0v) is 17.3. The van der Waals surface area contributed by atoms with Gasteiger partial charge in [0.15, 0.2) is 10.8 Å². The fourth-order valence-electron chi connectivity index (χ4n) is 5.05. The van der Waals surface area contributed by atoms with Crippen LogP contribution in [0.25, 0.3) is 5.65 Å². The SMILES string of the molecule is CC(F)(F)CN1C(=O)C2(CC2)c2ccc([C@H]3C[C@@H]3c3cc(Cl)nn4c(F)cnc34)cc21. The molecule has 0 unspecified atom stereocenters. The first kappa shape index (κ1) is 19.1. The van der Waals surface area contributed by atoms with E-state index in [0.717, 1.165) is 40.7 Å². The van der Waals surface area contributed by atoms with Gasteiger partial charge in [0.25, 0.3) is 5.92 Å². The predicted molar refractivity (Wildman–Crippen MR) is 108 cm³/mol. The number of hydrogen-bond donors (Lipinski definition) is 0. The summed E-state index contributed by atoms with van der Waals surface area (Å²) in [6.45, 7) is 0.215. The number of rotatable bonds is 4. The molecule has 0 N–H and O–H groups in total. The van der Waals surface area contributed by atoms with Gasteiger partial charge in [0.1, 0.15) is 0 Å². The Balaban J connectivity index is 1.37. The largest absolute Gasteiger partial charge is 0.305 e. The van der Waals surface area contributed by atoms with E-state index in [1.807, 2.05) is 18.2 Å². The van der Waals surface area contributed by atoms with Crippen LogP contribution in [0, 0.1) is 5.95 Å². The Morgan fingerprint density at radius 3 is 2.74 bits per heavy atom. The minimum atomic E-state index is -2.98. The van der Waals surface area contributed by atoms with Crippen LogP contribution < -0.4 is 4.90 Å². The monoisotopic (exact) mass is 446 g/mol. The van der Waals surface area contributed by atoms with Gasteiger partial charge in [-0.1, -0.05) is 23.7 Å². The number of carbonyl (C=O) groups excluding carboxylic acids is 1. The van der Waals surface area contributed by atoms with Crippen LogP contribution in [0.3, 0.4) is 0 Å². The fourth-order valence-corrected chi connectivity index (χ4v) is 5.24. The number of aromatic nitrogens is 3. The maximum atomic E-state index is 13.9. The molecule has 160 valence electrons. The highest BCUT2D eigenvalue weighted by molar-refractivity contribution is 6.29. The van der Waals surface area contributed by atoms with E-state index in [1.165, 1.54) is 4.90 Å². The number of anilines is 1. The average molecular weight is 447 g/mol. The van der Waals surface area contributed by atoms with Crippen molar-refractivity contribution in [2.45, 2.75) is 49.4 Å². The van der Waals surface area contributed by atoms with E-state index >= 15 is 0 Å². The number of fused-ring (bicyclic) bond motifs is 3. The van der Waals surface area contributed by atoms with E-state index in [-0.39, 0.29) is 22.9 Å². The van der Waals surface area contributed by atoms with Crippen LogP contribution >= 0.6 is 11.6 Å². The van der Waals surface area contributed by atoms with E-state index < -0.39 is 23.8 Å². The summed E-state index contributed by atoms with van der Waals surface area (Å²) in [5.41, 5.74) is 3.04. The third-order valence-corrected chi connectivity index (χ3v) is 6.90. The summed E-state index contributed by atoms with van der Waals surface area (Å²) in [4.78, 5) is 18.3. The number of imidazole rings is 1. The molecular weight excluding hydrogens is 429 g/mol. The molecule has 2 fully saturated rings. The van der Waals surface area contributed by atoms with Crippen molar-refractivity contribution in [3.8, 4) is 0 Å². The van der Waals surface area contributed by atoms with Crippen molar-refractivity contribution in [1.29, 1.82) is 0 Å². The second kappa shape index (κ2) is 6.00. The van der Waals surface area contributed by atoms with Gasteiger partial charge in [-0.25, -0.2) is 13.8 Å². The number of nitrogens with zero attached hydrogens (tertiary/aromatic N) is 4. The summed E-state index contributed by atoms with van der Waals surface area (Å²) in [6, 6.07) is 7.48. The van der Waals surface area contributed by atoms with Crippen molar-refractivity contribution in [1.82, 2.24) is 14.6 Å². The van der Waals surface area contributed by atoms with Crippen molar-refractivity contribution in [3.63, 3.8) is 0 Å². The Kier molecular flexibility index (Phi) is 3.70. The van der Waals surface area contributed by atoms with Gasteiger partial charge >= 0.3 is 0 Å². The molecule has 2 saturated carbocycles. The van der Waals surface area contributed by atoms with E-state index in [9.17, 15) is 18.0 Å². The van der Waals surface area contributed by atoms with Crippen molar-refractivity contribution in [2.75, 3.05) is 11.4 Å². The van der Waals surface area contributed by atoms with Crippen molar-refractivity contribution in [2.24, 2.45) is 0 Å². The van der Waals surface area contributed by atoms with Crippen LogP contribution in [0.1, 0.15) is 54.7 Å². The molecule has 1 amide bonds. The van der Waals surface area contributed by atoms with Crippen LogP contribution in [0.2, 0.25) is 5.15 Å². The first-order chi connectivity index (χ1) is 14.7. The minimum absolute atomic E-state index is 0.0657. The first-order valence-electron chi connectivity index (χ1n) is 10.2. The van der Waals surface area contributed by atoms with Gasteiger partial charge in [0.05, 0.1) is 18.2 Å². The molecule has 6 rings (SSSR count). The Hall–Kier alpha value is -2.61. The molecule has 9 heteroatoms. The number of amides is 1. The molecule has 31 heavy (non-hydrogen) atoms. The lowest BCUT2D eigenvalue weighted by molar-refractivity contribution is -0.121. The minimum Gasteiger partial charge on any atom is -0.305 e. The van der Waals surface area contributed by atoms with Crippen LogP contribution in [-0.2, 0) is 10.2 Å². The van der Waals surface area contributed by atoms with E-state index in [4.69, 9.17) is 11.6 Å². The zero-order valence-electron chi connectivity index (χ0n) is 16.6. The number of alkyl halides is 2. The molecule has 0 bridgehead atoms. The molecule has 2 aliphatic carbocycles. The lowest BCUT2D eigenvalue weighted by Crippen LogP contribution is -2.39. The molecule has 3 heterocycles. The standard InChI is InChI=1S/C22H18ClF3N4O/c1-21(25,26)10-29-16-6-11(2-3-15(16)22(4-5-22)20(29)31)12-7-13(12)14-8-17(23)28-30-18(24)9-27-19(14)30/h2-3,6,8-9,12-13H,4-5,7,10H2,1H3/t12-,13+/m1/s1. The Morgan fingerprint density at radius 1 is 1.26 bits per heavy atom. The van der Waals surface area contributed by atoms with Gasteiger partial charge in [0.2, 0.25) is 11.9 Å². The van der Waals surface area contributed by atoms with Crippen LogP contribution in [0.15, 0.2) is 30.5 Å². The summed E-state index contributed by atoms with van der Waals surface area (Å²) < 4.78 is 42.6. The molecule has 3 aromatic rings. The quantitative estimate of drug-likeness (QED) is 0.577. The highest BCUT2D eigenvalue weighted by Gasteiger charge is 2.60. The summed E-state index contributed by atoms with van der Waals surface area (Å²) in [6.07, 6.45) is 3.31. The van der Waals surface area contributed by atoms with Gasteiger partial charge in [-0.3, -0.25) is 4.79 Å². The second-order valence-electron chi connectivity index (χ2n) is 9.01. The number of carbonyl (C=O) groups is 1. The lowest BCUT2D eigenvalue weighted by Gasteiger charge is -2.22. The number of halogens is 4. The van der Waals surface area contributed by atoms with Crippen LogP contribution in [-0.4, -0.2) is 33.0 Å². The van der Waals surface area contributed by atoms with Gasteiger partial charge < -0.3 is 4.90 Å². The van der Waals surface area contributed by atoms with E-state index in [2.05, 4.69) is 10.1 Å². The Bertz CT molecular complexity index is 1260. The number of hydrogen-bond acceptors (Lipinski definition) is 3. The van der Waals surface area contributed by atoms with E-state index in [0.29, 0.717) is 24.2 Å². The lowest BCUT2D eigenvalue weighted by atomic mass is 9.95. The summed E-state index contributed by atoms with van der Waals surface area (Å²) in [5.74, 6) is -3.60. The van der Waals surface area contributed by atoms with Gasteiger partial charge in [0, 0.05) is 18.2 Å². The van der Waals surface area contributed by atoms with Crippen LogP contribution in [0.5, 0.6) is 0 Å². The maximum absolute atomic E-state index is 13.9. The van der Waals surface area contributed by atoms with Gasteiger partial charge in [-0.15, -0.1) is 0 Å². The molecule has 0 radical (unpaired) electrons. The molecule has 1 spiro atoms. The molecule has 1 aromatic carbocycles. The highest BCUT2D eigenvalue weighted by Crippen LogP contribution is 2.60. The Labute approximate surface area is 180 Å². The molecule has 1 aliphatic heterocycles. The van der Waals surface area contributed by atoms with Gasteiger partial charge in [-0.2, -0.15) is 14.0 Å². The van der Waals surface area contributed by atoms with Crippen molar-refractivity contribution < 1.29 is 18.0 Å². The smallest absolute Gasteiger partial charge is 0.263 e. The van der Waals surface area contributed by atoms with Crippen LogP contribution in [0.4, 0.5) is 18.9 Å². The first-order valence-corrected chi connectivity index (χ1v) is 10.6. The van der Waals surface area contributed by atoms with Gasteiger partial charge in [-0.05, 0) is 54.4 Å².